The molecule has 0 aliphatic carbocycles. The van der Waals surface area contributed by atoms with Crippen molar-refractivity contribution in [2.45, 2.75) is 44.7 Å². The Kier molecular flexibility index (Phi) is 5.05. The largest absolute Gasteiger partial charge is 0.352 e. The van der Waals surface area contributed by atoms with E-state index < -0.39 is 0 Å². The maximum atomic E-state index is 11.6. The summed E-state index contributed by atoms with van der Waals surface area (Å²) in [6.07, 6.45) is 4.25. The van der Waals surface area contributed by atoms with E-state index in [1.54, 1.807) is 0 Å². The van der Waals surface area contributed by atoms with Crippen LogP contribution in [0.2, 0.25) is 0 Å². The molecule has 88 valence electrons. The molecule has 15 heavy (non-hydrogen) atoms. The molecular weight excluding hydrogens is 190 g/mol. The monoisotopic (exact) mass is 213 g/mol. The van der Waals surface area contributed by atoms with Crippen LogP contribution in [0.5, 0.6) is 0 Å². The number of likely N-dealkylation sites (tertiary alicyclic amines) is 1. The maximum absolute atomic E-state index is 11.6. The van der Waals surface area contributed by atoms with Gasteiger partial charge in [0.2, 0.25) is 5.91 Å². The zero-order valence-electron chi connectivity index (χ0n) is 9.83. The molecule has 0 saturated carbocycles. The van der Waals surface area contributed by atoms with Crippen molar-refractivity contribution in [2.24, 2.45) is 5.73 Å². The van der Waals surface area contributed by atoms with Crippen LogP contribution in [0.25, 0.3) is 0 Å². The van der Waals surface area contributed by atoms with Crippen LogP contribution in [-0.2, 0) is 4.79 Å². The van der Waals surface area contributed by atoms with Gasteiger partial charge in [0.25, 0.3) is 0 Å². The summed E-state index contributed by atoms with van der Waals surface area (Å²) in [7, 11) is 2.10. The standard InChI is InChI=1S/C11H23N3O/c1-9(8-12)13-11(15)7-10-5-3-4-6-14(10)2/h9-10H,3-8,12H2,1-2H3,(H,13,15). The lowest BCUT2D eigenvalue weighted by Gasteiger charge is -2.32. The molecule has 1 rings (SSSR count). The van der Waals surface area contributed by atoms with Gasteiger partial charge < -0.3 is 16.0 Å². The minimum atomic E-state index is 0.0893. The number of rotatable bonds is 4. The van der Waals surface area contributed by atoms with Gasteiger partial charge in [-0.05, 0) is 33.4 Å². The number of carbonyl (C=O) groups is 1. The van der Waals surface area contributed by atoms with E-state index in [-0.39, 0.29) is 11.9 Å². The SMILES string of the molecule is CC(CN)NC(=O)CC1CCCCN1C. The maximum Gasteiger partial charge on any atom is 0.221 e. The summed E-state index contributed by atoms with van der Waals surface area (Å²) in [6, 6.07) is 0.509. The molecule has 0 radical (unpaired) electrons. The lowest BCUT2D eigenvalue weighted by molar-refractivity contribution is -0.123. The predicted molar refractivity (Wildman–Crippen MR) is 61.5 cm³/mol. The first-order valence-corrected chi connectivity index (χ1v) is 5.83. The highest BCUT2D eigenvalue weighted by Crippen LogP contribution is 2.17. The van der Waals surface area contributed by atoms with E-state index in [2.05, 4.69) is 17.3 Å². The third kappa shape index (κ3) is 4.18. The first-order valence-electron chi connectivity index (χ1n) is 5.83. The van der Waals surface area contributed by atoms with Crippen LogP contribution in [0.1, 0.15) is 32.6 Å². The minimum Gasteiger partial charge on any atom is -0.352 e. The number of hydrogen-bond donors (Lipinski definition) is 2. The minimum absolute atomic E-state index is 0.0893. The van der Waals surface area contributed by atoms with Crippen LogP contribution in [0, 0.1) is 0 Å². The van der Waals surface area contributed by atoms with Gasteiger partial charge in [-0.15, -0.1) is 0 Å². The fourth-order valence-corrected chi connectivity index (χ4v) is 2.01. The Morgan fingerprint density at radius 3 is 2.93 bits per heavy atom. The molecule has 3 N–H and O–H groups in total. The van der Waals surface area contributed by atoms with Crippen LogP contribution >= 0.6 is 0 Å². The summed E-state index contributed by atoms with van der Waals surface area (Å²) >= 11 is 0. The predicted octanol–water partition coefficient (Wildman–Crippen LogP) is 0.324. The number of amides is 1. The van der Waals surface area contributed by atoms with Gasteiger partial charge in [-0.1, -0.05) is 6.42 Å². The Bertz CT molecular complexity index is 208. The Morgan fingerprint density at radius 1 is 1.60 bits per heavy atom. The van der Waals surface area contributed by atoms with E-state index in [0.717, 1.165) is 13.0 Å². The molecule has 1 aliphatic heterocycles. The summed E-state index contributed by atoms with van der Waals surface area (Å²) in [5.41, 5.74) is 5.46. The summed E-state index contributed by atoms with van der Waals surface area (Å²) in [6.45, 7) is 3.55. The number of hydrogen-bond acceptors (Lipinski definition) is 3. The van der Waals surface area contributed by atoms with Crippen molar-refractivity contribution in [3.63, 3.8) is 0 Å². The first-order chi connectivity index (χ1) is 7.13. The molecule has 1 heterocycles. The molecule has 0 spiro atoms. The third-order valence-electron chi connectivity index (χ3n) is 3.10. The van der Waals surface area contributed by atoms with Crippen LogP contribution in [0.15, 0.2) is 0 Å². The molecule has 1 aliphatic rings. The van der Waals surface area contributed by atoms with Gasteiger partial charge in [-0.2, -0.15) is 0 Å². The second-order valence-electron chi connectivity index (χ2n) is 4.54. The highest BCUT2D eigenvalue weighted by molar-refractivity contribution is 5.76. The Labute approximate surface area is 92.2 Å². The molecule has 2 atom stereocenters. The lowest BCUT2D eigenvalue weighted by atomic mass is 10.00. The normalized spacial score (nSPS) is 24.9. The average Bonchev–Trinajstić information content (AvgIpc) is 2.21. The molecule has 0 bridgehead atoms. The molecule has 1 saturated heterocycles. The summed E-state index contributed by atoms with van der Waals surface area (Å²) in [5.74, 6) is 0.131. The van der Waals surface area contributed by atoms with Gasteiger partial charge in [-0.25, -0.2) is 0 Å². The average molecular weight is 213 g/mol. The third-order valence-corrected chi connectivity index (χ3v) is 3.10. The molecular formula is C11H23N3O. The highest BCUT2D eigenvalue weighted by Gasteiger charge is 2.21. The highest BCUT2D eigenvalue weighted by atomic mass is 16.1. The fourth-order valence-electron chi connectivity index (χ4n) is 2.01. The summed E-state index contributed by atoms with van der Waals surface area (Å²) < 4.78 is 0. The van der Waals surface area contributed by atoms with Crippen molar-refractivity contribution < 1.29 is 4.79 Å². The summed E-state index contributed by atoms with van der Waals surface area (Å²) in [5, 5.41) is 2.91. The number of piperidine rings is 1. The molecule has 4 nitrogen and oxygen atoms in total. The molecule has 2 unspecified atom stereocenters. The molecule has 1 fully saturated rings. The first kappa shape index (κ1) is 12.5. The Morgan fingerprint density at radius 2 is 2.33 bits per heavy atom. The number of nitrogens with two attached hydrogens (primary N) is 1. The van der Waals surface area contributed by atoms with Crippen molar-refractivity contribution in [3.8, 4) is 0 Å². The van der Waals surface area contributed by atoms with Crippen LogP contribution in [0.4, 0.5) is 0 Å². The second kappa shape index (κ2) is 6.08. The van der Waals surface area contributed by atoms with Crippen LogP contribution < -0.4 is 11.1 Å². The molecule has 0 aromatic carbocycles. The van der Waals surface area contributed by atoms with Crippen molar-refractivity contribution >= 4 is 5.91 Å². The number of carbonyl (C=O) groups excluding carboxylic acids is 1. The van der Waals surface area contributed by atoms with Crippen molar-refractivity contribution in [1.82, 2.24) is 10.2 Å². The van der Waals surface area contributed by atoms with Crippen molar-refractivity contribution in [1.29, 1.82) is 0 Å². The van der Waals surface area contributed by atoms with E-state index >= 15 is 0 Å². The van der Waals surface area contributed by atoms with E-state index in [0.29, 0.717) is 19.0 Å². The van der Waals surface area contributed by atoms with E-state index in [4.69, 9.17) is 5.73 Å². The molecule has 0 aromatic heterocycles. The van der Waals surface area contributed by atoms with Crippen LogP contribution in [0.3, 0.4) is 0 Å². The summed E-state index contributed by atoms with van der Waals surface area (Å²) in [4.78, 5) is 13.9. The van der Waals surface area contributed by atoms with E-state index in [1.165, 1.54) is 12.8 Å². The van der Waals surface area contributed by atoms with Crippen molar-refractivity contribution in [3.05, 3.63) is 0 Å². The topological polar surface area (TPSA) is 58.4 Å². The van der Waals surface area contributed by atoms with Crippen LogP contribution in [-0.4, -0.2) is 43.0 Å². The van der Waals surface area contributed by atoms with Gasteiger partial charge in [-0.3, -0.25) is 4.79 Å². The van der Waals surface area contributed by atoms with Gasteiger partial charge >= 0.3 is 0 Å². The Hall–Kier alpha value is -0.610. The van der Waals surface area contributed by atoms with E-state index in [1.807, 2.05) is 6.92 Å². The zero-order chi connectivity index (χ0) is 11.3. The fraction of sp³-hybridized carbons (Fsp3) is 0.909. The van der Waals surface area contributed by atoms with Gasteiger partial charge in [0.1, 0.15) is 0 Å². The number of nitrogens with zero attached hydrogens (tertiary/aromatic N) is 1. The van der Waals surface area contributed by atoms with Crippen molar-refractivity contribution in [2.75, 3.05) is 20.1 Å². The second-order valence-corrected chi connectivity index (χ2v) is 4.54. The van der Waals surface area contributed by atoms with Gasteiger partial charge in [0, 0.05) is 25.0 Å². The molecule has 0 aromatic rings. The lowest BCUT2D eigenvalue weighted by Crippen LogP contribution is -2.43. The zero-order valence-corrected chi connectivity index (χ0v) is 9.83. The van der Waals surface area contributed by atoms with Gasteiger partial charge in [0.15, 0.2) is 0 Å². The smallest absolute Gasteiger partial charge is 0.221 e. The molecule has 4 heteroatoms. The van der Waals surface area contributed by atoms with E-state index in [9.17, 15) is 4.79 Å². The number of nitrogens with one attached hydrogen (secondary N) is 1. The Balaban J connectivity index is 2.29. The molecule has 1 amide bonds. The van der Waals surface area contributed by atoms with Gasteiger partial charge in [0.05, 0.1) is 0 Å². The quantitative estimate of drug-likeness (QED) is 0.707.